The Morgan fingerprint density at radius 2 is 2.04 bits per heavy atom. The lowest BCUT2D eigenvalue weighted by atomic mass is 10.2. The summed E-state index contributed by atoms with van der Waals surface area (Å²) in [4.78, 5) is 0. The van der Waals surface area contributed by atoms with Gasteiger partial charge in [-0.25, -0.2) is 0 Å². The van der Waals surface area contributed by atoms with Crippen molar-refractivity contribution in [2.24, 2.45) is 7.05 Å². The van der Waals surface area contributed by atoms with Crippen molar-refractivity contribution in [1.29, 1.82) is 5.26 Å². The monoisotopic (exact) mass is 340 g/mol. The summed E-state index contributed by atoms with van der Waals surface area (Å²) in [5, 5.41) is 18.1. The molecule has 0 saturated carbocycles. The minimum absolute atomic E-state index is 0.545. The van der Waals surface area contributed by atoms with E-state index in [1.165, 1.54) is 0 Å². The minimum Gasteiger partial charge on any atom is -0.493 e. The Morgan fingerprint density at radius 1 is 1.25 bits per heavy atom. The predicted octanol–water partition coefficient (Wildman–Crippen LogP) is 3.43. The molecular formula is C17H16N4O2S. The van der Waals surface area contributed by atoms with Crippen molar-refractivity contribution in [3.63, 3.8) is 0 Å². The van der Waals surface area contributed by atoms with E-state index in [0.717, 1.165) is 33.8 Å². The zero-order chi connectivity index (χ0) is 16.9. The number of rotatable bonds is 6. The summed E-state index contributed by atoms with van der Waals surface area (Å²) in [7, 11) is 1.94. The van der Waals surface area contributed by atoms with Crippen LogP contribution in [0.25, 0.3) is 11.4 Å². The Bertz CT molecular complexity index is 862. The number of aromatic nitrogens is 3. The zero-order valence-corrected chi connectivity index (χ0v) is 14.2. The average Bonchev–Trinajstić information content (AvgIpc) is 3.18. The highest BCUT2D eigenvalue weighted by Gasteiger charge is 2.14. The van der Waals surface area contributed by atoms with Crippen LogP contribution in [0, 0.1) is 18.3 Å². The first-order valence-electron chi connectivity index (χ1n) is 7.38. The van der Waals surface area contributed by atoms with E-state index < -0.39 is 0 Å². The van der Waals surface area contributed by atoms with Crippen molar-refractivity contribution in [2.75, 3.05) is 12.4 Å². The number of hydrogen-bond donors (Lipinski definition) is 0. The van der Waals surface area contributed by atoms with Crippen LogP contribution in [0.1, 0.15) is 11.3 Å². The SMILES string of the molecule is Cc1occc1-c1nnc(SCCOc2ccc(C#N)cc2)n1C. The molecular weight excluding hydrogens is 324 g/mol. The van der Waals surface area contributed by atoms with Gasteiger partial charge in [0.05, 0.1) is 30.1 Å². The fraction of sp³-hybridized carbons (Fsp3) is 0.235. The highest BCUT2D eigenvalue weighted by molar-refractivity contribution is 7.99. The van der Waals surface area contributed by atoms with Gasteiger partial charge in [-0.3, -0.25) is 0 Å². The van der Waals surface area contributed by atoms with E-state index in [9.17, 15) is 0 Å². The molecule has 0 radical (unpaired) electrons. The van der Waals surface area contributed by atoms with Gasteiger partial charge in [-0.2, -0.15) is 5.26 Å². The molecule has 1 aromatic carbocycles. The van der Waals surface area contributed by atoms with Crippen LogP contribution in [0.3, 0.4) is 0 Å². The lowest BCUT2D eigenvalue weighted by molar-refractivity contribution is 0.344. The fourth-order valence-corrected chi connectivity index (χ4v) is 2.94. The van der Waals surface area contributed by atoms with E-state index in [0.29, 0.717) is 12.2 Å². The van der Waals surface area contributed by atoms with Crippen molar-refractivity contribution >= 4 is 11.8 Å². The van der Waals surface area contributed by atoms with Gasteiger partial charge in [-0.15, -0.1) is 10.2 Å². The van der Waals surface area contributed by atoms with Crippen molar-refractivity contribution in [1.82, 2.24) is 14.8 Å². The van der Waals surface area contributed by atoms with Crippen LogP contribution in [-0.4, -0.2) is 27.1 Å². The van der Waals surface area contributed by atoms with Gasteiger partial charge in [0.1, 0.15) is 11.5 Å². The number of furan rings is 1. The van der Waals surface area contributed by atoms with Crippen LogP contribution in [0.4, 0.5) is 0 Å². The maximum absolute atomic E-state index is 8.77. The van der Waals surface area contributed by atoms with Crippen LogP contribution < -0.4 is 4.74 Å². The minimum atomic E-state index is 0.545. The van der Waals surface area contributed by atoms with E-state index in [1.54, 1.807) is 42.3 Å². The second kappa shape index (κ2) is 7.23. The van der Waals surface area contributed by atoms with E-state index in [-0.39, 0.29) is 0 Å². The summed E-state index contributed by atoms with van der Waals surface area (Å²) in [6, 6.07) is 11.0. The average molecular weight is 340 g/mol. The largest absolute Gasteiger partial charge is 0.493 e. The zero-order valence-electron chi connectivity index (χ0n) is 13.4. The third-order valence-electron chi connectivity index (χ3n) is 3.50. The Balaban J connectivity index is 1.55. The first kappa shape index (κ1) is 16.1. The Morgan fingerprint density at radius 3 is 2.71 bits per heavy atom. The van der Waals surface area contributed by atoms with Gasteiger partial charge in [0.25, 0.3) is 0 Å². The number of aryl methyl sites for hydroxylation is 1. The second-order valence-corrected chi connectivity index (χ2v) is 6.15. The van der Waals surface area contributed by atoms with E-state index in [2.05, 4.69) is 16.3 Å². The molecule has 2 heterocycles. The van der Waals surface area contributed by atoms with E-state index in [1.807, 2.05) is 24.6 Å². The fourth-order valence-electron chi connectivity index (χ4n) is 2.21. The third-order valence-corrected chi connectivity index (χ3v) is 4.49. The van der Waals surface area contributed by atoms with E-state index in [4.69, 9.17) is 14.4 Å². The lowest BCUT2D eigenvalue weighted by Crippen LogP contribution is -2.02. The van der Waals surface area contributed by atoms with Crippen LogP contribution in [-0.2, 0) is 7.05 Å². The van der Waals surface area contributed by atoms with Crippen LogP contribution in [0.5, 0.6) is 5.75 Å². The van der Waals surface area contributed by atoms with Crippen LogP contribution in [0.15, 0.2) is 46.2 Å². The predicted molar refractivity (Wildman–Crippen MR) is 90.8 cm³/mol. The molecule has 6 nitrogen and oxygen atoms in total. The number of nitrogens with zero attached hydrogens (tertiary/aromatic N) is 4. The van der Waals surface area contributed by atoms with Crippen molar-refractivity contribution < 1.29 is 9.15 Å². The summed E-state index contributed by atoms with van der Waals surface area (Å²) in [5.74, 6) is 3.11. The lowest BCUT2D eigenvalue weighted by Gasteiger charge is -2.06. The normalized spacial score (nSPS) is 10.5. The molecule has 0 aliphatic heterocycles. The van der Waals surface area contributed by atoms with E-state index >= 15 is 0 Å². The van der Waals surface area contributed by atoms with Gasteiger partial charge in [-0.05, 0) is 37.3 Å². The molecule has 3 aromatic rings. The molecule has 24 heavy (non-hydrogen) atoms. The summed E-state index contributed by atoms with van der Waals surface area (Å²) < 4.78 is 12.9. The molecule has 0 aliphatic rings. The van der Waals surface area contributed by atoms with Crippen molar-refractivity contribution in [3.05, 3.63) is 47.9 Å². The molecule has 0 N–H and O–H groups in total. The number of nitriles is 1. The van der Waals surface area contributed by atoms with Gasteiger partial charge < -0.3 is 13.7 Å². The molecule has 0 atom stereocenters. The maximum atomic E-state index is 8.77. The Labute approximate surface area is 144 Å². The molecule has 0 aliphatic carbocycles. The number of thioether (sulfide) groups is 1. The molecule has 0 amide bonds. The molecule has 7 heteroatoms. The van der Waals surface area contributed by atoms with Gasteiger partial charge in [0.15, 0.2) is 11.0 Å². The second-order valence-electron chi connectivity index (χ2n) is 5.09. The topological polar surface area (TPSA) is 76.9 Å². The number of ether oxygens (including phenoxy) is 1. The molecule has 0 fully saturated rings. The summed E-state index contributed by atoms with van der Waals surface area (Å²) in [5.41, 5.74) is 1.57. The van der Waals surface area contributed by atoms with Gasteiger partial charge in [0.2, 0.25) is 0 Å². The molecule has 122 valence electrons. The first-order valence-corrected chi connectivity index (χ1v) is 8.37. The van der Waals surface area contributed by atoms with Crippen molar-refractivity contribution in [2.45, 2.75) is 12.1 Å². The quantitative estimate of drug-likeness (QED) is 0.505. The molecule has 2 aromatic heterocycles. The molecule has 0 saturated heterocycles. The van der Waals surface area contributed by atoms with Gasteiger partial charge >= 0.3 is 0 Å². The number of benzene rings is 1. The highest BCUT2D eigenvalue weighted by atomic mass is 32.2. The maximum Gasteiger partial charge on any atom is 0.191 e. The third kappa shape index (κ3) is 3.44. The molecule has 0 unspecified atom stereocenters. The summed E-state index contributed by atoms with van der Waals surface area (Å²) in [6.45, 7) is 2.45. The molecule has 0 bridgehead atoms. The first-order chi connectivity index (χ1) is 11.7. The Hall–Kier alpha value is -2.72. The summed E-state index contributed by atoms with van der Waals surface area (Å²) in [6.07, 6.45) is 1.65. The Kier molecular flexibility index (Phi) is 4.87. The molecule has 3 rings (SSSR count). The number of hydrogen-bond acceptors (Lipinski definition) is 6. The van der Waals surface area contributed by atoms with Gasteiger partial charge in [-0.1, -0.05) is 11.8 Å². The standard InChI is InChI=1S/C17H16N4O2S/c1-12-15(7-8-22-12)16-19-20-17(21(16)2)24-10-9-23-14-5-3-13(11-18)4-6-14/h3-8H,9-10H2,1-2H3. The van der Waals surface area contributed by atoms with Crippen LogP contribution >= 0.6 is 11.8 Å². The summed E-state index contributed by atoms with van der Waals surface area (Å²) >= 11 is 1.58. The smallest absolute Gasteiger partial charge is 0.191 e. The van der Waals surface area contributed by atoms with Crippen molar-refractivity contribution in [3.8, 4) is 23.2 Å². The van der Waals surface area contributed by atoms with Crippen LogP contribution in [0.2, 0.25) is 0 Å². The molecule has 0 spiro atoms. The highest BCUT2D eigenvalue weighted by Crippen LogP contribution is 2.25. The van der Waals surface area contributed by atoms with Gasteiger partial charge in [0, 0.05) is 12.8 Å².